The van der Waals surface area contributed by atoms with Crippen LogP contribution in [0.5, 0.6) is 5.75 Å². The van der Waals surface area contributed by atoms with Crippen molar-refractivity contribution in [3.63, 3.8) is 0 Å². The van der Waals surface area contributed by atoms with Gasteiger partial charge in [-0.2, -0.15) is 0 Å². The summed E-state index contributed by atoms with van der Waals surface area (Å²) < 4.78 is 18.6. The first kappa shape index (κ1) is 14.7. The maximum atomic E-state index is 13.3. The third kappa shape index (κ3) is 3.57. The number of carbonyl (C=O) groups is 1. The van der Waals surface area contributed by atoms with E-state index in [0.29, 0.717) is 0 Å². The van der Waals surface area contributed by atoms with Crippen LogP contribution in [0.4, 0.5) is 4.39 Å². The van der Waals surface area contributed by atoms with Crippen molar-refractivity contribution in [1.29, 1.82) is 0 Å². The number of thiazole rings is 1. The maximum Gasteiger partial charge on any atom is 1.00 e. The third-order valence-corrected chi connectivity index (χ3v) is 2.68. The number of aromatic carboxylic acids is 1. The molecule has 1 aromatic carbocycles. The zero-order valence-corrected chi connectivity index (χ0v) is 10.4. The molecule has 0 aliphatic heterocycles. The Bertz CT molecular complexity index is 539. The van der Waals surface area contributed by atoms with Gasteiger partial charge in [-0.15, -0.1) is 11.3 Å². The molecular weight excluding hydrogens is 252 g/mol. The van der Waals surface area contributed by atoms with Crippen LogP contribution in [-0.4, -0.2) is 16.1 Å². The predicted octanol–water partition coefficient (Wildman–Crippen LogP) is -0.324. The summed E-state index contributed by atoms with van der Waals surface area (Å²) in [6.07, 6.45) is 0. The van der Waals surface area contributed by atoms with E-state index in [1.807, 2.05) is 5.38 Å². The van der Waals surface area contributed by atoms with Crippen molar-refractivity contribution in [2.24, 2.45) is 0 Å². The van der Waals surface area contributed by atoms with E-state index in [-0.39, 0.29) is 38.2 Å². The van der Waals surface area contributed by atoms with Gasteiger partial charge in [0.2, 0.25) is 0 Å². The third-order valence-electron chi connectivity index (χ3n) is 2.04. The summed E-state index contributed by atoms with van der Waals surface area (Å²) in [5.74, 6) is -1.83. The van der Waals surface area contributed by atoms with Crippen molar-refractivity contribution < 1.29 is 39.3 Å². The van der Waals surface area contributed by atoms with Gasteiger partial charge in [-0.3, -0.25) is 0 Å². The maximum absolute atomic E-state index is 13.3. The molecule has 2 rings (SSSR count). The van der Waals surface area contributed by atoms with Gasteiger partial charge in [-0.05, 0) is 12.1 Å². The van der Waals surface area contributed by atoms with Gasteiger partial charge >= 0.3 is 24.8 Å². The van der Waals surface area contributed by atoms with Crippen LogP contribution in [-0.2, 0) is 6.61 Å². The standard InChI is InChI=1S/C11H8FNO3S.Li.H/c12-10-3-8(1-2-9(10)11(14)15)16-4-7-5-17-6-13-7;;/h1-3,5-6H,4H2,(H,14,15);;/q;+1;-1. The summed E-state index contributed by atoms with van der Waals surface area (Å²) in [4.78, 5) is 14.6. The Hall–Kier alpha value is -1.35. The Labute approximate surface area is 120 Å². The molecule has 18 heavy (non-hydrogen) atoms. The summed E-state index contributed by atoms with van der Waals surface area (Å²) in [5, 5.41) is 10.5. The quantitative estimate of drug-likeness (QED) is 0.766. The van der Waals surface area contributed by atoms with E-state index in [9.17, 15) is 9.18 Å². The van der Waals surface area contributed by atoms with Gasteiger partial charge in [0.1, 0.15) is 18.2 Å². The smallest absolute Gasteiger partial charge is 1.00 e. The molecule has 90 valence electrons. The largest absolute Gasteiger partial charge is 1.00 e. The molecule has 1 N–H and O–H groups in total. The summed E-state index contributed by atoms with van der Waals surface area (Å²) in [7, 11) is 0. The van der Waals surface area contributed by atoms with Gasteiger partial charge in [0, 0.05) is 11.4 Å². The van der Waals surface area contributed by atoms with Crippen LogP contribution >= 0.6 is 11.3 Å². The molecule has 0 bridgehead atoms. The van der Waals surface area contributed by atoms with Crippen molar-refractivity contribution in [1.82, 2.24) is 4.98 Å². The molecule has 4 nitrogen and oxygen atoms in total. The van der Waals surface area contributed by atoms with E-state index >= 15 is 0 Å². The Balaban J connectivity index is 0.00000162. The molecule has 1 heterocycles. The fourth-order valence-electron chi connectivity index (χ4n) is 1.23. The molecule has 1 aromatic heterocycles. The van der Waals surface area contributed by atoms with Crippen LogP contribution in [0.15, 0.2) is 29.1 Å². The Kier molecular flexibility index (Phi) is 5.35. The first-order valence-electron chi connectivity index (χ1n) is 4.69. The molecule has 0 saturated carbocycles. The molecule has 0 atom stereocenters. The van der Waals surface area contributed by atoms with Gasteiger partial charge in [0.25, 0.3) is 0 Å². The van der Waals surface area contributed by atoms with E-state index in [2.05, 4.69) is 4.98 Å². The predicted molar refractivity (Wildman–Crippen MR) is 60.9 cm³/mol. The first-order chi connectivity index (χ1) is 8.16. The second kappa shape index (κ2) is 6.55. The minimum Gasteiger partial charge on any atom is -1.00 e. The van der Waals surface area contributed by atoms with Gasteiger partial charge in [-0.25, -0.2) is 14.2 Å². The van der Waals surface area contributed by atoms with Crippen molar-refractivity contribution >= 4 is 17.3 Å². The fraction of sp³-hybridized carbons (Fsp3) is 0.0909. The van der Waals surface area contributed by atoms with Gasteiger partial charge in [-0.1, -0.05) is 0 Å². The van der Waals surface area contributed by atoms with Gasteiger partial charge in [0.05, 0.1) is 16.8 Å². The monoisotopic (exact) mass is 261 g/mol. The SMILES string of the molecule is O=C(O)c1ccc(OCc2cscn2)cc1F.[H-].[Li+]. The number of ether oxygens (including phenoxy) is 1. The second-order valence-corrected chi connectivity index (χ2v) is 3.93. The zero-order chi connectivity index (χ0) is 12.3. The molecule has 0 saturated heterocycles. The summed E-state index contributed by atoms with van der Waals surface area (Å²) in [6, 6.07) is 3.64. The normalized spacial score (nSPS) is 9.61. The van der Waals surface area contributed by atoms with E-state index < -0.39 is 11.8 Å². The molecular formula is C11H9FLiNO3S. The first-order valence-corrected chi connectivity index (χ1v) is 5.64. The van der Waals surface area contributed by atoms with Crippen molar-refractivity contribution in [2.75, 3.05) is 0 Å². The van der Waals surface area contributed by atoms with E-state index in [0.717, 1.165) is 11.8 Å². The molecule has 7 heteroatoms. The number of benzene rings is 1. The van der Waals surface area contributed by atoms with Crippen LogP contribution in [0.2, 0.25) is 0 Å². The van der Waals surface area contributed by atoms with Crippen LogP contribution in [0.25, 0.3) is 0 Å². The van der Waals surface area contributed by atoms with Gasteiger partial charge < -0.3 is 11.3 Å². The van der Waals surface area contributed by atoms with Gasteiger partial charge in [0.15, 0.2) is 0 Å². The van der Waals surface area contributed by atoms with Crippen molar-refractivity contribution in [3.05, 3.63) is 46.2 Å². The van der Waals surface area contributed by atoms with Crippen LogP contribution in [0, 0.1) is 5.82 Å². The molecule has 0 unspecified atom stereocenters. The average Bonchev–Trinajstić information content (AvgIpc) is 2.78. The van der Waals surface area contributed by atoms with Crippen LogP contribution in [0.3, 0.4) is 0 Å². The van der Waals surface area contributed by atoms with E-state index in [1.165, 1.54) is 23.5 Å². The Morgan fingerprint density at radius 1 is 1.56 bits per heavy atom. The summed E-state index contributed by atoms with van der Waals surface area (Å²) in [6.45, 7) is 0.232. The molecule has 0 amide bonds. The Morgan fingerprint density at radius 2 is 2.33 bits per heavy atom. The molecule has 2 aromatic rings. The number of aromatic nitrogens is 1. The number of carboxylic acid groups (broad SMARTS) is 1. The van der Waals surface area contributed by atoms with Crippen LogP contribution in [0.1, 0.15) is 17.5 Å². The second-order valence-electron chi connectivity index (χ2n) is 3.22. The molecule has 0 aliphatic carbocycles. The van der Waals surface area contributed by atoms with Crippen LogP contribution < -0.4 is 23.6 Å². The molecule has 0 spiro atoms. The number of carboxylic acids is 1. The minimum absolute atomic E-state index is 0. The summed E-state index contributed by atoms with van der Waals surface area (Å²) in [5.41, 5.74) is 2.05. The molecule has 0 fully saturated rings. The van der Waals surface area contributed by atoms with Crippen molar-refractivity contribution in [3.8, 4) is 5.75 Å². The number of hydrogen-bond acceptors (Lipinski definition) is 4. The number of nitrogens with zero attached hydrogens (tertiary/aromatic N) is 1. The number of hydrogen-bond donors (Lipinski definition) is 1. The number of halogens is 1. The summed E-state index contributed by atoms with van der Waals surface area (Å²) >= 11 is 1.44. The minimum atomic E-state index is -1.30. The topological polar surface area (TPSA) is 59.4 Å². The van der Waals surface area contributed by atoms with E-state index in [1.54, 1.807) is 5.51 Å². The average molecular weight is 261 g/mol. The molecule has 0 radical (unpaired) electrons. The Morgan fingerprint density at radius 3 is 2.89 bits per heavy atom. The van der Waals surface area contributed by atoms with Crippen molar-refractivity contribution in [2.45, 2.75) is 6.61 Å². The zero-order valence-electron chi connectivity index (χ0n) is 10.6. The number of rotatable bonds is 4. The molecule has 0 aliphatic rings. The van der Waals surface area contributed by atoms with E-state index in [4.69, 9.17) is 9.84 Å². The fourth-order valence-corrected chi connectivity index (χ4v) is 1.77.